The molecule has 0 aromatic heterocycles. The molecule has 0 amide bonds. The van der Waals surface area contributed by atoms with Gasteiger partial charge in [-0.25, -0.2) is 0 Å². The van der Waals surface area contributed by atoms with Crippen LogP contribution in [-0.2, 0) is 0 Å². The molecule has 13 heteroatoms. The third kappa shape index (κ3) is 2.16. The molecule has 94 valence electrons. The van der Waals surface area contributed by atoms with Crippen LogP contribution >= 0.6 is 0 Å². The van der Waals surface area contributed by atoms with Gasteiger partial charge in [0.1, 0.15) is 0 Å². The van der Waals surface area contributed by atoms with Crippen LogP contribution in [0.4, 0.5) is 39.5 Å². The van der Waals surface area contributed by atoms with E-state index in [1.54, 1.807) is 0 Å². The van der Waals surface area contributed by atoms with Crippen LogP contribution < -0.4 is 0 Å². The first-order valence-electron chi connectivity index (χ1n) is 3.07. The molecule has 0 aliphatic carbocycles. The summed E-state index contributed by atoms with van der Waals surface area (Å²) in [5.74, 6) is 0. The first-order chi connectivity index (χ1) is 6.81. The summed E-state index contributed by atoms with van der Waals surface area (Å²) >= 11 is -8.81. The van der Waals surface area contributed by atoms with E-state index in [-0.39, 0.29) is 0 Å². The quantitative estimate of drug-likeness (QED) is 0.233. The fraction of sp³-hybridized carbons (Fsp3) is 1.00. The van der Waals surface area contributed by atoms with Crippen LogP contribution in [-0.4, -0.2) is 28.5 Å². The number of hydrogen-bond donors (Lipinski definition) is 0. The topological polar surface area (TPSA) is 48.8 Å². The molecular formula is C3F9GeN3. The van der Waals surface area contributed by atoms with Gasteiger partial charge < -0.3 is 0 Å². The molecule has 0 aliphatic heterocycles. The van der Waals surface area contributed by atoms with Crippen LogP contribution in [0.2, 0.25) is 0 Å². The van der Waals surface area contributed by atoms with E-state index in [0.717, 1.165) is 8.98 Å². The molecule has 0 aromatic carbocycles. The summed E-state index contributed by atoms with van der Waals surface area (Å²) in [6.45, 7) is 0. The predicted molar refractivity (Wildman–Crippen MR) is 33.1 cm³/mol. The van der Waals surface area contributed by atoms with Crippen molar-refractivity contribution < 1.29 is 39.5 Å². The molecule has 0 unspecified atom stereocenters. The first kappa shape index (κ1) is 15.2. The summed E-state index contributed by atoms with van der Waals surface area (Å²) in [6.07, 6.45) is 0. The molecule has 3 nitrogen and oxygen atoms in total. The van der Waals surface area contributed by atoms with Gasteiger partial charge in [-0.1, -0.05) is 0 Å². The van der Waals surface area contributed by atoms with E-state index in [0.29, 0.717) is 0 Å². The van der Waals surface area contributed by atoms with Gasteiger partial charge in [0.15, 0.2) is 0 Å². The number of rotatable bonds is 1. The van der Waals surface area contributed by atoms with Crippen molar-refractivity contribution in [1.29, 1.82) is 0 Å². The van der Waals surface area contributed by atoms with E-state index in [9.17, 15) is 39.5 Å². The molecule has 16 heavy (non-hydrogen) atoms. The summed E-state index contributed by atoms with van der Waals surface area (Å²) in [5, 5.41) is -20.0. The molecular weight excluding hydrogens is 322 g/mol. The zero-order valence-electron chi connectivity index (χ0n) is 6.74. The third-order valence-corrected chi connectivity index (χ3v) is 7.41. The molecule has 0 aromatic rings. The Morgan fingerprint density at radius 2 is 1.00 bits per heavy atom. The van der Waals surface area contributed by atoms with Crippen molar-refractivity contribution in [3.63, 3.8) is 0 Å². The average molecular weight is 322 g/mol. The molecule has 0 heterocycles. The van der Waals surface area contributed by atoms with Crippen LogP contribution in [0.1, 0.15) is 0 Å². The van der Waals surface area contributed by atoms with E-state index < -0.39 is 28.5 Å². The molecule has 0 aliphatic rings. The maximum atomic E-state index is 11.9. The van der Waals surface area contributed by atoms with Gasteiger partial charge in [-0.2, -0.15) is 0 Å². The van der Waals surface area contributed by atoms with Crippen molar-refractivity contribution in [3.05, 3.63) is 10.4 Å². The van der Waals surface area contributed by atoms with Crippen molar-refractivity contribution in [2.45, 2.75) is 15.0 Å². The summed E-state index contributed by atoms with van der Waals surface area (Å²) in [5.41, 5.74) is 7.50. The van der Waals surface area contributed by atoms with Gasteiger partial charge in [0, 0.05) is 0 Å². The third-order valence-electron chi connectivity index (χ3n) is 1.43. The molecule has 0 atom stereocenters. The van der Waals surface area contributed by atoms with E-state index >= 15 is 0 Å². The molecule has 0 saturated heterocycles. The van der Waals surface area contributed by atoms with E-state index in [1.807, 2.05) is 0 Å². The summed E-state index contributed by atoms with van der Waals surface area (Å²) < 4.78 is 108. The molecule has 0 bridgehead atoms. The van der Waals surface area contributed by atoms with Gasteiger partial charge in [0.05, 0.1) is 0 Å². The second-order valence-electron chi connectivity index (χ2n) is 2.39. The molecule has 0 fully saturated rings. The number of alkyl halides is 9. The van der Waals surface area contributed by atoms with Crippen LogP contribution in [0.5, 0.6) is 0 Å². The number of hydrogen-bond acceptors (Lipinski definition) is 1. The SMILES string of the molecule is [N-]=[N+]=[N][Ge]([C](F)(F)F)([C](F)(F)F)[C](F)(F)F. The fourth-order valence-electron chi connectivity index (χ4n) is 0.719. The Morgan fingerprint density at radius 3 is 1.06 bits per heavy atom. The van der Waals surface area contributed by atoms with Gasteiger partial charge in [-0.3, -0.25) is 0 Å². The van der Waals surface area contributed by atoms with Crippen LogP contribution in [0, 0.1) is 0 Å². The van der Waals surface area contributed by atoms with Gasteiger partial charge in [-0.05, 0) is 0 Å². The van der Waals surface area contributed by atoms with Crippen molar-refractivity contribution in [1.82, 2.24) is 0 Å². The Morgan fingerprint density at radius 1 is 0.750 bits per heavy atom. The van der Waals surface area contributed by atoms with Crippen molar-refractivity contribution in [2.75, 3.05) is 0 Å². The summed E-state index contributed by atoms with van der Waals surface area (Å²) in [7, 11) is 0. The molecule has 0 radical (unpaired) electrons. The zero-order valence-corrected chi connectivity index (χ0v) is 8.84. The van der Waals surface area contributed by atoms with Crippen LogP contribution in [0.15, 0.2) is 4.07 Å². The Bertz CT molecular complexity index is 269. The van der Waals surface area contributed by atoms with E-state index in [4.69, 9.17) is 5.53 Å². The maximum absolute atomic E-state index is 11.9. The second-order valence-corrected chi connectivity index (χ2v) is 9.36. The molecule has 0 saturated carbocycles. The summed E-state index contributed by atoms with van der Waals surface area (Å²) in [6, 6.07) is 0. The molecule has 0 N–H and O–H groups in total. The van der Waals surface area contributed by atoms with Crippen LogP contribution in [0.25, 0.3) is 10.4 Å². The van der Waals surface area contributed by atoms with Crippen molar-refractivity contribution >= 4 is 13.5 Å². The van der Waals surface area contributed by atoms with E-state index in [2.05, 4.69) is 0 Å². The standard InChI is InChI=1S/C3F9GeN3/c4-1(5,6)13(15-16-14,2(7,8)9)3(10,11)12. The zero-order chi connectivity index (χ0) is 13.4. The predicted octanol–water partition coefficient (Wildman–Crippen LogP) is 3.55. The van der Waals surface area contributed by atoms with Gasteiger partial charge in [0.2, 0.25) is 0 Å². The number of azide groups is 1. The number of nitrogens with zero attached hydrogens (tertiary/aromatic N) is 3. The number of halogens is 9. The Kier molecular flexibility index (Phi) is 3.72. The van der Waals surface area contributed by atoms with Gasteiger partial charge in [0.25, 0.3) is 0 Å². The average Bonchev–Trinajstić information content (AvgIpc) is 1.91. The molecule has 0 rings (SSSR count). The Balaban J connectivity index is 6.15. The second kappa shape index (κ2) is 3.91. The van der Waals surface area contributed by atoms with Gasteiger partial charge >= 0.3 is 82.5 Å². The Labute approximate surface area is 83.4 Å². The monoisotopic (exact) mass is 323 g/mol. The minimum absolute atomic E-state index is 1.06. The Hall–Kier alpha value is -0.777. The van der Waals surface area contributed by atoms with Gasteiger partial charge in [-0.15, -0.1) is 0 Å². The normalized spacial score (nSPS) is 14.6. The summed E-state index contributed by atoms with van der Waals surface area (Å²) in [4.78, 5) is 1.06. The molecule has 0 spiro atoms. The minimum atomic E-state index is -8.81. The first-order valence-corrected chi connectivity index (χ1v) is 7.16. The van der Waals surface area contributed by atoms with Crippen LogP contribution in [0.3, 0.4) is 0 Å². The van der Waals surface area contributed by atoms with Crippen molar-refractivity contribution in [2.24, 2.45) is 4.07 Å². The van der Waals surface area contributed by atoms with Crippen molar-refractivity contribution in [3.8, 4) is 0 Å². The fourth-order valence-corrected chi connectivity index (χ4v) is 3.74. The van der Waals surface area contributed by atoms with E-state index in [1.165, 1.54) is 0 Å².